The Balaban J connectivity index is 2.28. The first kappa shape index (κ1) is 30.7. The summed E-state index contributed by atoms with van der Waals surface area (Å²) in [5, 5.41) is 17.9. The maximum Gasteiger partial charge on any atom is 0.416 e. The first-order chi connectivity index (χ1) is 18.4. The summed E-state index contributed by atoms with van der Waals surface area (Å²) in [5.74, 6) is 0.790. The van der Waals surface area contributed by atoms with Gasteiger partial charge in [0.05, 0.1) is 42.4 Å². The predicted octanol–water partition coefficient (Wildman–Crippen LogP) is 6.91. The number of hydrogen-bond donors (Lipinski definition) is 0. The molecule has 208 valence electrons. The van der Waals surface area contributed by atoms with Crippen LogP contribution in [0, 0.1) is 0 Å². The molecule has 0 spiro atoms. The highest BCUT2D eigenvalue weighted by Gasteiger charge is 2.30. The number of aromatic nitrogens is 4. The van der Waals surface area contributed by atoms with Gasteiger partial charge < -0.3 is 9.26 Å². The highest BCUT2D eigenvalue weighted by molar-refractivity contribution is 5.72. The Morgan fingerprint density at radius 1 is 1.21 bits per heavy atom. The Hall–Kier alpha value is -4.48. The van der Waals surface area contributed by atoms with Crippen molar-refractivity contribution in [2.24, 2.45) is 17.4 Å². The lowest BCUT2D eigenvalue weighted by atomic mass is 10.1. The fourth-order valence-electron chi connectivity index (χ4n) is 3.19. The molecule has 39 heavy (non-hydrogen) atoms. The molecule has 0 aliphatic heterocycles. The smallest absolute Gasteiger partial charge is 0.416 e. The van der Waals surface area contributed by atoms with Gasteiger partial charge >= 0.3 is 6.18 Å². The summed E-state index contributed by atoms with van der Waals surface area (Å²) >= 11 is 0. The minimum Gasteiger partial charge on any atom is -0.492 e. The van der Waals surface area contributed by atoms with Crippen molar-refractivity contribution in [3.63, 3.8) is 0 Å². The Morgan fingerprint density at radius 3 is 2.51 bits per heavy atom. The molecule has 0 saturated carbocycles. The quantitative estimate of drug-likeness (QED) is 0.118. The van der Waals surface area contributed by atoms with Crippen LogP contribution in [0.15, 0.2) is 99.9 Å². The van der Waals surface area contributed by atoms with Gasteiger partial charge in [0.2, 0.25) is 5.82 Å². The van der Waals surface area contributed by atoms with E-state index in [9.17, 15) is 13.2 Å². The van der Waals surface area contributed by atoms with Crippen LogP contribution in [0.5, 0.6) is 0 Å². The lowest BCUT2D eigenvalue weighted by Crippen LogP contribution is -2.16. The van der Waals surface area contributed by atoms with Gasteiger partial charge in [-0.2, -0.15) is 28.4 Å². The standard InChI is InChI=1S/C27H32F3N7O2/c1-9-11-21(14-19(5)16-37(18(3)4)35-31-7)25-33-26(39-34-25)23-15-32-36(8)24(23)17-38-20(6)12-13-22(10-2)27(28,29)30/h9-15H,1-3,16-17H2,4-8H3/b19-14+,20-12+,21-11+,22-13+,35-31?. The largest absolute Gasteiger partial charge is 0.492 e. The summed E-state index contributed by atoms with van der Waals surface area (Å²) in [6.07, 6.45) is 5.16. The lowest BCUT2D eigenvalue weighted by Gasteiger charge is -2.17. The summed E-state index contributed by atoms with van der Waals surface area (Å²) in [6.45, 7) is 16.6. The molecule has 0 fully saturated rings. The zero-order chi connectivity index (χ0) is 29.2. The van der Waals surface area contributed by atoms with Crippen molar-refractivity contribution in [2.75, 3.05) is 13.6 Å². The third-order valence-corrected chi connectivity index (χ3v) is 5.19. The van der Waals surface area contributed by atoms with Crippen LogP contribution in [-0.2, 0) is 18.4 Å². The van der Waals surface area contributed by atoms with Crippen molar-refractivity contribution in [3.8, 4) is 11.5 Å². The predicted molar refractivity (Wildman–Crippen MR) is 144 cm³/mol. The average Bonchev–Trinajstić information content (AvgIpc) is 3.48. The summed E-state index contributed by atoms with van der Waals surface area (Å²) in [4.78, 5) is 4.52. The van der Waals surface area contributed by atoms with Gasteiger partial charge in [-0.15, -0.1) is 0 Å². The summed E-state index contributed by atoms with van der Waals surface area (Å²) in [7, 11) is 3.28. The number of rotatable bonds is 13. The van der Waals surface area contributed by atoms with E-state index in [1.165, 1.54) is 6.08 Å². The maximum atomic E-state index is 12.9. The molecule has 2 heterocycles. The number of hydrogen-bond acceptors (Lipinski definition) is 7. The fourth-order valence-corrected chi connectivity index (χ4v) is 3.19. The lowest BCUT2D eigenvalue weighted by molar-refractivity contribution is -0.0881. The molecule has 0 aliphatic rings. The molecular weight excluding hydrogens is 511 g/mol. The molecule has 0 aliphatic carbocycles. The summed E-state index contributed by atoms with van der Waals surface area (Å²) in [5.41, 5.74) is 2.56. The highest BCUT2D eigenvalue weighted by Crippen LogP contribution is 2.27. The van der Waals surface area contributed by atoms with Crippen LogP contribution in [0.2, 0.25) is 0 Å². The average molecular weight is 544 g/mol. The third kappa shape index (κ3) is 8.80. The van der Waals surface area contributed by atoms with E-state index in [4.69, 9.17) is 9.26 Å². The van der Waals surface area contributed by atoms with Crippen molar-refractivity contribution in [1.82, 2.24) is 24.9 Å². The molecule has 0 radical (unpaired) electrons. The third-order valence-electron chi connectivity index (χ3n) is 5.19. The molecule has 2 rings (SSSR count). The van der Waals surface area contributed by atoms with Crippen LogP contribution in [0.3, 0.4) is 0 Å². The van der Waals surface area contributed by atoms with Gasteiger partial charge in [-0.1, -0.05) is 60.0 Å². The number of halogens is 3. The molecule has 0 atom stereocenters. The second-order valence-corrected chi connectivity index (χ2v) is 8.37. The normalized spacial score (nSPS) is 13.6. The maximum absolute atomic E-state index is 12.9. The number of ether oxygens (including phenoxy) is 1. The Bertz CT molecular complexity index is 1340. The molecule has 0 unspecified atom stereocenters. The molecule has 12 heteroatoms. The molecule has 2 aromatic heterocycles. The van der Waals surface area contributed by atoms with Gasteiger partial charge in [-0.05, 0) is 32.9 Å². The first-order valence-corrected chi connectivity index (χ1v) is 11.7. The first-order valence-electron chi connectivity index (χ1n) is 11.7. The molecule has 9 nitrogen and oxygen atoms in total. The van der Waals surface area contributed by atoms with Crippen molar-refractivity contribution >= 4 is 5.57 Å². The van der Waals surface area contributed by atoms with Crippen LogP contribution < -0.4 is 0 Å². The van der Waals surface area contributed by atoms with Crippen molar-refractivity contribution in [2.45, 2.75) is 33.6 Å². The van der Waals surface area contributed by atoms with Crippen molar-refractivity contribution < 1.29 is 22.4 Å². The minimum atomic E-state index is -4.50. The SMILES string of the molecule is C=C/C=C(\C=C(/C)CN(N=NC)C(=C)C)c1noc(-c2cnn(C)c2CO/C(C)=C/C=C(\C=C)C(F)(F)F)n1. The zero-order valence-corrected chi connectivity index (χ0v) is 22.7. The zero-order valence-electron chi connectivity index (χ0n) is 22.7. The number of allylic oxidation sites excluding steroid dienone is 10. The van der Waals surface area contributed by atoms with E-state index in [0.29, 0.717) is 29.2 Å². The van der Waals surface area contributed by atoms with Crippen LogP contribution in [0.4, 0.5) is 13.2 Å². The van der Waals surface area contributed by atoms with Crippen LogP contribution in [-0.4, -0.2) is 44.7 Å². The van der Waals surface area contributed by atoms with E-state index in [2.05, 4.69) is 45.3 Å². The Labute approximate surface area is 225 Å². The van der Waals surface area contributed by atoms with Gasteiger partial charge in [0, 0.05) is 18.3 Å². The van der Waals surface area contributed by atoms with Crippen LogP contribution >= 0.6 is 0 Å². The second-order valence-electron chi connectivity index (χ2n) is 8.37. The van der Waals surface area contributed by atoms with Gasteiger partial charge in [0.15, 0.2) is 0 Å². The van der Waals surface area contributed by atoms with E-state index in [0.717, 1.165) is 23.4 Å². The molecule has 0 saturated heterocycles. The molecule has 0 aromatic carbocycles. The summed E-state index contributed by atoms with van der Waals surface area (Å²) < 4.78 is 51.4. The Kier molecular flexibility index (Phi) is 10.9. The number of aryl methyl sites for hydroxylation is 1. The van der Waals surface area contributed by atoms with E-state index in [-0.39, 0.29) is 18.3 Å². The highest BCUT2D eigenvalue weighted by atomic mass is 19.4. The van der Waals surface area contributed by atoms with Crippen LogP contribution in [0.25, 0.3) is 17.0 Å². The van der Waals surface area contributed by atoms with E-state index >= 15 is 0 Å². The second kappa shape index (κ2) is 13.9. The summed E-state index contributed by atoms with van der Waals surface area (Å²) in [6, 6.07) is 0. The van der Waals surface area contributed by atoms with Crippen LogP contribution in [0.1, 0.15) is 32.3 Å². The minimum absolute atomic E-state index is 0.00620. The number of nitrogens with zero attached hydrogens (tertiary/aromatic N) is 7. The molecule has 0 amide bonds. The van der Waals surface area contributed by atoms with Crippen molar-refractivity contribution in [1.29, 1.82) is 0 Å². The van der Waals surface area contributed by atoms with Gasteiger partial charge in [-0.25, -0.2) is 5.01 Å². The van der Waals surface area contributed by atoms with E-state index < -0.39 is 11.7 Å². The topological polar surface area (TPSA) is 93.9 Å². The van der Waals surface area contributed by atoms with E-state index in [1.54, 1.807) is 49.1 Å². The Morgan fingerprint density at radius 2 is 1.92 bits per heavy atom. The van der Waals surface area contributed by atoms with E-state index in [1.807, 2.05) is 19.9 Å². The number of alkyl halides is 3. The molecule has 2 aromatic rings. The molecule has 0 bridgehead atoms. The molecular formula is C27H32F3N7O2. The van der Waals surface area contributed by atoms with Gasteiger partial charge in [0.1, 0.15) is 6.61 Å². The van der Waals surface area contributed by atoms with Crippen molar-refractivity contribution in [3.05, 3.63) is 96.5 Å². The monoisotopic (exact) mass is 543 g/mol. The fraction of sp³-hybridized carbons (Fsp3) is 0.296. The molecule has 0 N–H and O–H groups in total. The van der Waals surface area contributed by atoms with Gasteiger partial charge in [0.25, 0.3) is 5.89 Å². The van der Waals surface area contributed by atoms with Gasteiger partial charge in [-0.3, -0.25) is 4.68 Å².